The van der Waals surface area contributed by atoms with Crippen molar-refractivity contribution >= 4 is 17.5 Å². The molecule has 0 radical (unpaired) electrons. The van der Waals surface area contributed by atoms with Crippen LogP contribution < -0.4 is 5.32 Å². The van der Waals surface area contributed by atoms with Gasteiger partial charge in [0.2, 0.25) is 0 Å². The van der Waals surface area contributed by atoms with Gasteiger partial charge in [-0.1, -0.05) is 48.9 Å². The summed E-state index contributed by atoms with van der Waals surface area (Å²) in [6.45, 7) is 2.71. The first-order valence-electron chi connectivity index (χ1n) is 6.25. The molecule has 0 aliphatic heterocycles. The maximum atomic E-state index is 11.9. The van der Waals surface area contributed by atoms with Gasteiger partial charge in [0, 0.05) is 17.1 Å². The SMILES string of the molecule is C[C@@H](CNC(=O)c1ccc(Cl)cc1)c1ccccc1. The molecule has 2 nitrogen and oxygen atoms in total. The van der Waals surface area contributed by atoms with E-state index in [0.29, 0.717) is 17.1 Å². The molecule has 0 unspecified atom stereocenters. The number of amides is 1. The van der Waals surface area contributed by atoms with Crippen molar-refractivity contribution in [3.63, 3.8) is 0 Å². The lowest BCUT2D eigenvalue weighted by molar-refractivity contribution is 0.0951. The Morgan fingerprint density at radius 3 is 2.37 bits per heavy atom. The third-order valence-corrected chi connectivity index (χ3v) is 3.30. The summed E-state index contributed by atoms with van der Waals surface area (Å²) in [5, 5.41) is 3.57. The van der Waals surface area contributed by atoms with Gasteiger partial charge < -0.3 is 5.32 Å². The van der Waals surface area contributed by atoms with E-state index in [2.05, 4.69) is 24.4 Å². The molecule has 0 bridgehead atoms. The van der Waals surface area contributed by atoms with Gasteiger partial charge in [0.25, 0.3) is 5.91 Å². The number of carbonyl (C=O) groups excluding carboxylic acids is 1. The van der Waals surface area contributed by atoms with Crippen LogP contribution in [0.4, 0.5) is 0 Å². The maximum absolute atomic E-state index is 11.9. The van der Waals surface area contributed by atoms with Gasteiger partial charge in [-0.3, -0.25) is 4.79 Å². The van der Waals surface area contributed by atoms with Gasteiger partial charge in [-0.2, -0.15) is 0 Å². The van der Waals surface area contributed by atoms with Crippen LogP contribution in [0.15, 0.2) is 54.6 Å². The van der Waals surface area contributed by atoms with Crippen molar-refractivity contribution in [2.24, 2.45) is 0 Å². The standard InChI is InChI=1S/C16H16ClNO/c1-12(13-5-3-2-4-6-13)11-18-16(19)14-7-9-15(17)10-8-14/h2-10,12H,11H2,1H3,(H,18,19)/t12-/m0/s1. The van der Waals surface area contributed by atoms with Crippen LogP contribution in [0, 0.1) is 0 Å². The van der Waals surface area contributed by atoms with Crippen molar-refractivity contribution in [1.29, 1.82) is 0 Å². The molecule has 1 amide bonds. The lowest BCUT2D eigenvalue weighted by Crippen LogP contribution is -2.27. The molecule has 0 saturated carbocycles. The fourth-order valence-corrected chi connectivity index (χ4v) is 1.97. The zero-order valence-corrected chi connectivity index (χ0v) is 11.5. The molecule has 3 heteroatoms. The van der Waals surface area contributed by atoms with E-state index in [9.17, 15) is 4.79 Å². The molecular weight excluding hydrogens is 258 g/mol. The first-order valence-corrected chi connectivity index (χ1v) is 6.63. The van der Waals surface area contributed by atoms with E-state index in [1.54, 1.807) is 24.3 Å². The van der Waals surface area contributed by atoms with Gasteiger partial charge in [-0.05, 0) is 35.7 Å². The van der Waals surface area contributed by atoms with E-state index in [1.807, 2.05) is 18.2 Å². The highest BCUT2D eigenvalue weighted by Gasteiger charge is 2.09. The Kier molecular flexibility index (Phi) is 4.58. The number of nitrogens with one attached hydrogen (secondary N) is 1. The summed E-state index contributed by atoms with van der Waals surface area (Å²) in [5.41, 5.74) is 1.85. The largest absolute Gasteiger partial charge is 0.351 e. The van der Waals surface area contributed by atoms with E-state index in [1.165, 1.54) is 5.56 Å². The molecule has 2 aromatic carbocycles. The lowest BCUT2D eigenvalue weighted by atomic mass is 10.0. The average molecular weight is 274 g/mol. The van der Waals surface area contributed by atoms with Gasteiger partial charge in [0.05, 0.1) is 0 Å². The average Bonchev–Trinajstić information content (AvgIpc) is 2.46. The first-order chi connectivity index (χ1) is 9.16. The molecule has 19 heavy (non-hydrogen) atoms. The minimum atomic E-state index is -0.0700. The summed E-state index contributed by atoms with van der Waals surface area (Å²) in [7, 11) is 0. The molecular formula is C16H16ClNO. The van der Waals surface area contributed by atoms with Crippen molar-refractivity contribution < 1.29 is 4.79 Å². The molecule has 0 aromatic heterocycles. The van der Waals surface area contributed by atoms with Crippen LogP contribution in [0.5, 0.6) is 0 Å². The zero-order chi connectivity index (χ0) is 13.7. The third-order valence-electron chi connectivity index (χ3n) is 3.04. The highest BCUT2D eigenvalue weighted by atomic mass is 35.5. The quantitative estimate of drug-likeness (QED) is 0.900. The molecule has 2 aromatic rings. The van der Waals surface area contributed by atoms with E-state index < -0.39 is 0 Å². The second-order valence-corrected chi connectivity index (χ2v) is 4.97. The van der Waals surface area contributed by atoms with Crippen LogP contribution in [0.3, 0.4) is 0 Å². The minimum Gasteiger partial charge on any atom is -0.351 e. The predicted molar refractivity (Wildman–Crippen MR) is 78.6 cm³/mol. The number of halogens is 1. The highest BCUT2D eigenvalue weighted by molar-refractivity contribution is 6.30. The number of hydrogen-bond acceptors (Lipinski definition) is 1. The minimum absolute atomic E-state index is 0.0700. The second-order valence-electron chi connectivity index (χ2n) is 4.53. The summed E-state index contributed by atoms with van der Waals surface area (Å²) >= 11 is 5.79. The van der Waals surface area contributed by atoms with Crippen molar-refractivity contribution in [3.8, 4) is 0 Å². The Hall–Kier alpha value is -1.80. The van der Waals surface area contributed by atoms with E-state index in [-0.39, 0.29) is 11.8 Å². The molecule has 1 N–H and O–H groups in total. The van der Waals surface area contributed by atoms with Gasteiger partial charge in [0.15, 0.2) is 0 Å². The van der Waals surface area contributed by atoms with E-state index >= 15 is 0 Å². The Bertz CT molecular complexity index is 536. The van der Waals surface area contributed by atoms with E-state index in [0.717, 1.165) is 0 Å². The molecule has 0 spiro atoms. The molecule has 0 aliphatic carbocycles. The maximum Gasteiger partial charge on any atom is 0.251 e. The van der Waals surface area contributed by atoms with Crippen LogP contribution in [0.1, 0.15) is 28.8 Å². The summed E-state index contributed by atoms with van der Waals surface area (Å²) in [6.07, 6.45) is 0. The number of carbonyl (C=O) groups is 1. The van der Waals surface area contributed by atoms with Crippen LogP contribution >= 0.6 is 11.6 Å². The van der Waals surface area contributed by atoms with Crippen molar-refractivity contribution in [2.45, 2.75) is 12.8 Å². The zero-order valence-electron chi connectivity index (χ0n) is 10.8. The summed E-state index contributed by atoms with van der Waals surface area (Å²) < 4.78 is 0. The van der Waals surface area contributed by atoms with Crippen molar-refractivity contribution in [2.75, 3.05) is 6.54 Å². The van der Waals surface area contributed by atoms with Crippen LogP contribution in [-0.2, 0) is 0 Å². The normalized spacial score (nSPS) is 11.9. The smallest absolute Gasteiger partial charge is 0.251 e. The number of rotatable bonds is 4. The number of hydrogen-bond donors (Lipinski definition) is 1. The molecule has 98 valence electrons. The van der Waals surface area contributed by atoms with Crippen LogP contribution in [0.2, 0.25) is 5.02 Å². The molecule has 1 atom stereocenters. The summed E-state index contributed by atoms with van der Waals surface area (Å²) in [5.74, 6) is 0.219. The second kappa shape index (κ2) is 6.39. The lowest BCUT2D eigenvalue weighted by Gasteiger charge is -2.13. The Morgan fingerprint density at radius 2 is 1.74 bits per heavy atom. The van der Waals surface area contributed by atoms with E-state index in [4.69, 9.17) is 11.6 Å². The number of benzene rings is 2. The first kappa shape index (κ1) is 13.6. The molecule has 0 saturated heterocycles. The summed E-state index contributed by atoms with van der Waals surface area (Å²) in [4.78, 5) is 11.9. The Labute approximate surface area is 118 Å². The van der Waals surface area contributed by atoms with Crippen molar-refractivity contribution in [1.82, 2.24) is 5.32 Å². The Balaban J connectivity index is 1.92. The van der Waals surface area contributed by atoms with Gasteiger partial charge in [-0.25, -0.2) is 0 Å². The summed E-state index contributed by atoms with van der Waals surface area (Å²) in [6, 6.07) is 17.0. The topological polar surface area (TPSA) is 29.1 Å². The van der Waals surface area contributed by atoms with Gasteiger partial charge in [0.1, 0.15) is 0 Å². The predicted octanol–water partition coefficient (Wildman–Crippen LogP) is 3.87. The molecule has 0 heterocycles. The van der Waals surface area contributed by atoms with Gasteiger partial charge in [-0.15, -0.1) is 0 Å². The molecule has 0 aliphatic rings. The van der Waals surface area contributed by atoms with Crippen molar-refractivity contribution in [3.05, 3.63) is 70.7 Å². The Morgan fingerprint density at radius 1 is 1.11 bits per heavy atom. The fraction of sp³-hybridized carbons (Fsp3) is 0.188. The molecule has 0 fully saturated rings. The van der Waals surface area contributed by atoms with Gasteiger partial charge >= 0.3 is 0 Å². The van der Waals surface area contributed by atoms with Crippen LogP contribution in [-0.4, -0.2) is 12.5 Å². The van der Waals surface area contributed by atoms with Crippen LogP contribution in [0.25, 0.3) is 0 Å². The monoisotopic (exact) mass is 273 g/mol. The third kappa shape index (κ3) is 3.83. The fourth-order valence-electron chi connectivity index (χ4n) is 1.85. The highest BCUT2D eigenvalue weighted by Crippen LogP contribution is 2.14. The molecule has 2 rings (SSSR count).